The summed E-state index contributed by atoms with van der Waals surface area (Å²) < 4.78 is 0.465. The summed E-state index contributed by atoms with van der Waals surface area (Å²) in [6, 6.07) is 7.73. The molecule has 2 aliphatic rings. The van der Waals surface area contributed by atoms with Gasteiger partial charge in [-0.2, -0.15) is 0 Å². The van der Waals surface area contributed by atoms with Crippen molar-refractivity contribution in [3.8, 4) is 0 Å². The van der Waals surface area contributed by atoms with E-state index >= 15 is 0 Å². The van der Waals surface area contributed by atoms with E-state index in [2.05, 4.69) is 19.9 Å². The third kappa shape index (κ3) is 3.88. The van der Waals surface area contributed by atoms with Gasteiger partial charge in [0.2, 0.25) is 0 Å². The van der Waals surface area contributed by atoms with E-state index in [1.165, 1.54) is 11.3 Å². The summed E-state index contributed by atoms with van der Waals surface area (Å²) >= 11 is 7.23. The topological polar surface area (TPSA) is 81.7 Å². The highest BCUT2D eigenvalue weighted by molar-refractivity contribution is 7.17. The monoisotopic (exact) mass is 453 g/mol. The standard InChI is InChI=1S/C22H20ClN5O2S/c23-14-4-6-15(7-5-14)27-9-11-28(12-10-27)22(30)16-13-31-19-18(16)25-20(26-21(19)29)17-3-1-2-8-24-17/h3-8,13H,1-2,9-12H2,(H,25,26,29). The second-order valence-corrected chi connectivity index (χ2v) is 8.79. The van der Waals surface area contributed by atoms with Crippen LogP contribution >= 0.6 is 22.9 Å². The number of nitrogens with one attached hydrogen (secondary N) is 1. The number of nitrogens with zero attached hydrogens (tertiary/aromatic N) is 4. The van der Waals surface area contributed by atoms with Crippen molar-refractivity contribution in [1.82, 2.24) is 14.9 Å². The number of hydrogen-bond acceptors (Lipinski definition) is 6. The zero-order chi connectivity index (χ0) is 21.4. The number of halogens is 1. The minimum Gasteiger partial charge on any atom is -0.368 e. The van der Waals surface area contributed by atoms with Crippen molar-refractivity contribution in [2.45, 2.75) is 12.8 Å². The van der Waals surface area contributed by atoms with Gasteiger partial charge in [-0.15, -0.1) is 11.3 Å². The van der Waals surface area contributed by atoms with Gasteiger partial charge in [0.15, 0.2) is 5.82 Å². The van der Waals surface area contributed by atoms with Crippen molar-refractivity contribution in [2.75, 3.05) is 31.1 Å². The smallest absolute Gasteiger partial charge is 0.269 e. The summed E-state index contributed by atoms with van der Waals surface area (Å²) in [5, 5.41) is 2.45. The van der Waals surface area contributed by atoms with E-state index in [0.29, 0.717) is 45.4 Å². The Morgan fingerprint density at radius 3 is 2.58 bits per heavy atom. The fourth-order valence-electron chi connectivity index (χ4n) is 3.86. The Kier molecular flexibility index (Phi) is 5.33. The number of anilines is 1. The molecule has 0 radical (unpaired) electrons. The van der Waals surface area contributed by atoms with Gasteiger partial charge in [-0.1, -0.05) is 17.7 Å². The number of piperazine rings is 1. The zero-order valence-electron chi connectivity index (χ0n) is 16.7. The molecule has 1 saturated heterocycles. The number of allylic oxidation sites excluding steroid dienone is 1. The molecule has 31 heavy (non-hydrogen) atoms. The molecule has 0 unspecified atom stereocenters. The lowest BCUT2D eigenvalue weighted by Gasteiger charge is -2.36. The predicted molar refractivity (Wildman–Crippen MR) is 126 cm³/mol. The van der Waals surface area contributed by atoms with Gasteiger partial charge in [0, 0.05) is 48.5 Å². The number of hydrogen-bond donors (Lipinski definition) is 1. The lowest BCUT2D eigenvalue weighted by atomic mass is 10.2. The summed E-state index contributed by atoms with van der Waals surface area (Å²) in [6.07, 6.45) is 5.50. The molecule has 7 nitrogen and oxygen atoms in total. The van der Waals surface area contributed by atoms with Crippen LogP contribution in [0.5, 0.6) is 0 Å². The number of aliphatic imine (C=N–C) groups is 1. The molecule has 4 heterocycles. The molecule has 2 aromatic heterocycles. The van der Waals surface area contributed by atoms with Gasteiger partial charge in [-0.05, 0) is 37.1 Å². The second-order valence-electron chi connectivity index (χ2n) is 7.48. The maximum absolute atomic E-state index is 13.3. The largest absolute Gasteiger partial charge is 0.368 e. The van der Waals surface area contributed by atoms with Gasteiger partial charge < -0.3 is 14.8 Å². The number of benzene rings is 1. The summed E-state index contributed by atoms with van der Waals surface area (Å²) in [4.78, 5) is 41.6. The molecule has 0 spiro atoms. The van der Waals surface area contributed by atoms with E-state index in [1.807, 2.05) is 41.5 Å². The lowest BCUT2D eigenvalue weighted by Crippen LogP contribution is -2.48. The maximum Gasteiger partial charge on any atom is 0.269 e. The first-order chi connectivity index (χ1) is 15.1. The van der Waals surface area contributed by atoms with E-state index in [9.17, 15) is 9.59 Å². The Labute approximate surface area is 187 Å². The van der Waals surface area contributed by atoms with Crippen molar-refractivity contribution in [3.63, 3.8) is 0 Å². The van der Waals surface area contributed by atoms with E-state index in [0.717, 1.165) is 31.6 Å². The number of amides is 1. The molecule has 1 amide bonds. The zero-order valence-corrected chi connectivity index (χ0v) is 18.2. The van der Waals surface area contributed by atoms with Crippen molar-refractivity contribution in [1.29, 1.82) is 0 Å². The fourth-order valence-corrected chi connectivity index (χ4v) is 4.86. The van der Waals surface area contributed by atoms with Crippen LogP contribution in [0, 0.1) is 0 Å². The molecular formula is C22H20ClN5O2S. The van der Waals surface area contributed by atoms with Crippen molar-refractivity contribution in [3.05, 3.63) is 62.5 Å². The van der Waals surface area contributed by atoms with Gasteiger partial charge in [-0.3, -0.25) is 14.6 Å². The summed E-state index contributed by atoms with van der Waals surface area (Å²) in [7, 11) is 0. The summed E-state index contributed by atoms with van der Waals surface area (Å²) in [6.45, 7) is 2.67. The molecule has 9 heteroatoms. The van der Waals surface area contributed by atoms with Crippen LogP contribution in [-0.4, -0.2) is 53.2 Å². The average Bonchev–Trinajstić information content (AvgIpc) is 3.24. The van der Waals surface area contributed by atoms with Crippen LogP contribution in [0.25, 0.3) is 15.9 Å². The number of H-pyrrole nitrogens is 1. The molecule has 1 N–H and O–H groups in total. The minimum atomic E-state index is -0.238. The number of carbonyl (C=O) groups is 1. The van der Waals surface area contributed by atoms with Crippen molar-refractivity contribution >= 4 is 56.7 Å². The van der Waals surface area contributed by atoms with E-state index in [-0.39, 0.29) is 11.5 Å². The Morgan fingerprint density at radius 2 is 1.87 bits per heavy atom. The van der Waals surface area contributed by atoms with Gasteiger partial charge >= 0.3 is 0 Å². The Balaban J connectivity index is 1.38. The second kappa shape index (κ2) is 8.28. The highest BCUT2D eigenvalue weighted by Gasteiger charge is 2.26. The third-order valence-corrected chi connectivity index (χ3v) is 6.74. The quantitative estimate of drug-likeness (QED) is 0.653. The number of rotatable bonds is 3. The number of carbonyl (C=O) groups excluding carboxylic acids is 1. The molecule has 0 aliphatic carbocycles. The normalized spacial score (nSPS) is 16.6. The predicted octanol–water partition coefficient (Wildman–Crippen LogP) is 3.81. The highest BCUT2D eigenvalue weighted by Crippen LogP contribution is 2.26. The first-order valence-electron chi connectivity index (χ1n) is 10.1. The first kappa shape index (κ1) is 20.0. The van der Waals surface area contributed by atoms with Crippen molar-refractivity contribution in [2.24, 2.45) is 4.99 Å². The van der Waals surface area contributed by atoms with Gasteiger partial charge in [0.05, 0.1) is 5.56 Å². The third-order valence-electron chi connectivity index (χ3n) is 5.52. The molecule has 1 aromatic carbocycles. The van der Waals surface area contributed by atoms with Crippen molar-refractivity contribution < 1.29 is 4.79 Å². The molecule has 0 bridgehead atoms. The van der Waals surface area contributed by atoms with Crippen LogP contribution in [0.1, 0.15) is 29.0 Å². The van der Waals surface area contributed by atoms with Gasteiger partial charge in [0.25, 0.3) is 11.5 Å². The summed E-state index contributed by atoms with van der Waals surface area (Å²) in [5.74, 6) is 0.320. The molecule has 0 saturated carbocycles. The van der Waals surface area contributed by atoms with Crippen LogP contribution in [-0.2, 0) is 0 Å². The van der Waals surface area contributed by atoms with Crippen LogP contribution in [0.2, 0.25) is 5.02 Å². The number of aromatic amines is 1. The SMILES string of the molecule is O=C(c1csc2c(=O)[nH]c(C3=CCCC=N3)nc12)N1CCN(c2ccc(Cl)cc2)CC1. The van der Waals surface area contributed by atoms with E-state index < -0.39 is 0 Å². The molecule has 0 atom stereocenters. The molecular weight excluding hydrogens is 434 g/mol. The maximum atomic E-state index is 13.3. The lowest BCUT2D eigenvalue weighted by molar-refractivity contribution is 0.0749. The Bertz CT molecular complexity index is 1250. The Hall–Kier alpha value is -2.97. The molecule has 3 aromatic rings. The molecule has 158 valence electrons. The van der Waals surface area contributed by atoms with Crippen LogP contribution in [0.15, 0.2) is 45.5 Å². The first-order valence-corrected chi connectivity index (χ1v) is 11.4. The van der Waals surface area contributed by atoms with E-state index in [1.54, 1.807) is 5.38 Å². The molecule has 1 fully saturated rings. The number of thiophene rings is 1. The fraction of sp³-hybridized carbons (Fsp3) is 0.273. The average molecular weight is 454 g/mol. The number of fused-ring (bicyclic) bond motifs is 1. The van der Waals surface area contributed by atoms with Gasteiger partial charge in [-0.25, -0.2) is 4.98 Å². The highest BCUT2D eigenvalue weighted by atomic mass is 35.5. The number of aromatic nitrogens is 2. The van der Waals surface area contributed by atoms with Crippen LogP contribution < -0.4 is 10.5 Å². The van der Waals surface area contributed by atoms with Crippen LogP contribution in [0.3, 0.4) is 0 Å². The molecule has 2 aliphatic heterocycles. The summed E-state index contributed by atoms with van der Waals surface area (Å²) in [5.41, 5.74) is 2.43. The van der Waals surface area contributed by atoms with Crippen LogP contribution in [0.4, 0.5) is 5.69 Å². The van der Waals surface area contributed by atoms with E-state index in [4.69, 9.17) is 11.6 Å². The minimum absolute atomic E-state index is 0.0906. The Morgan fingerprint density at radius 1 is 1.10 bits per heavy atom. The molecule has 5 rings (SSSR count). The van der Waals surface area contributed by atoms with Gasteiger partial charge in [0.1, 0.15) is 15.9 Å².